The summed E-state index contributed by atoms with van der Waals surface area (Å²) in [6.45, 7) is 5.44. The van der Waals surface area contributed by atoms with E-state index in [0.717, 1.165) is 50.5 Å². The van der Waals surface area contributed by atoms with E-state index in [9.17, 15) is 0 Å². The van der Waals surface area contributed by atoms with E-state index < -0.39 is 0 Å². The van der Waals surface area contributed by atoms with Crippen molar-refractivity contribution < 1.29 is 14.2 Å². The molecule has 1 spiro atoms. The van der Waals surface area contributed by atoms with Gasteiger partial charge in [-0.1, -0.05) is 12.1 Å². The van der Waals surface area contributed by atoms with Crippen LogP contribution >= 0.6 is 0 Å². The van der Waals surface area contributed by atoms with Gasteiger partial charge < -0.3 is 14.2 Å². The van der Waals surface area contributed by atoms with Crippen LogP contribution in [-0.2, 0) is 11.3 Å². The third-order valence-electron chi connectivity index (χ3n) is 5.03. The first kappa shape index (κ1) is 17.2. The number of hydrogen-bond acceptors (Lipinski definition) is 6. The van der Waals surface area contributed by atoms with Gasteiger partial charge in [0.15, 0.2) is 0 Å². The summed E-state index contributed by atoms with van der Waals surface area (Å²) < 4.78 is 17.5. The fourth-order valence-corrected chi connectivity index (χ4v) is 3.88. The molecule has 1 unspecified atom stereocenters. The van der Waals surface area contributed by atoms with Crippen LogP contribution < -0.4 is 9.47 Å². The molecule has 0 amide bonds. The second-order valence-corrected chi connectivity index (χ2v) is 7.26. The highest BCUT2D eigenvalue weighted by Gasteiger charge is 2.48. The highest BCUT2D eigenvalue weighted by atomic mass is 16.5. The van der Waals surface area contributed by atoms with Crippen molar-refractivity contribution in [3.63, 3.8) is 0 Å². The Morgan fingerprint density at radius 2 is 2.19 bits per heavy atom. The molecule has 2 aliphatic rings. The highest BCUT2D eigenvalue weighted by molar-refractivity contribution is 5.28. The number of hydrogen-bond donors (Lipinski definition) is 0. The molecular weight excluding hydrogens is 330 g/mol. The van der Waals surface area contributed by atoms with Crippen molar-refractivity contribution in [1.82, 2.24) is 14.9 Å². The van der Waals surface area contributed by atoms with Gasteiger partial charge in [0.2, 0.25) is 5.88 Å². The summed E-state index contributed by atoms with van der Waals surface area (Å²) in [6.07, 6.45) is 5.36. The Morgan fingerprint density at radius 1 is 1.31 bits per heavy atom. The minimum absolute atomic E-state index is 0.0843. The summed E-state index contributed by atoms with van der Waals surface area (Å²) in [5, 5.41) is 0. The predicted octanol–water partition coefficient (Wildman–Crippen LogP) is 2.61. The van der Waals surface area contributed by atoms with Crippen molar-refractivity contribution in [3.8, 4) is 11.6 Å². The number of rotatable bonds is 5. The lowest BCUT2D eigenvalue weighted by atomic mass is 9.84. The van der Waals surface area contributed by atoms with Crippen LogP contribution in [0.4, 0.5) is 0 Å². The van der Waals surface area contributed by atoms with Crippen molar-refractivity contribution >= 4 is 0 Å². The molecule has 1 aromatic heterocycles. The first-order valence-corrected chi connectivity index (χ1v) is 9.09. The molecule has 2 aromatic rings. The van der Waals surface area contributed by atoms with Crippen LogP contribution in [0.5, 0.6) is 11.6 Å². The first-order chi connectivity index (χ1) is 12.6. The normalized spacial score (nSPS) is 22.0. The number of nitrogens with zero attached hydrogens (tertiary/aromatic N) is 3. The lowest BCUT2D eigenvalue weighted by Crippen LogP contribution is -2.65. The Kier molecular flexibility index (Phi) is 4.78. The third-order valence-corrected chi connectivity index (χ3v) is 5.03. The topological polar surface area (TPSA) is 56.7 Å². The predicted molar refractivity (Wildman–Crippen MR) is 97.4 cm³/mol. The summed E-state index contributed by atoms with van der Waals surface area (Å²) in [4.78, 5) is 11.0. The lowest BCUT2D eigenvalue weighted by Gasteiger charge is -2.53. The molecule has 138 valence electrons. The SMILES string of the molecule is COc1cccc(CN2CC3(CC(Oc4cncc(C)n4)CCO3)C2)c1. The molecule has 6 heteroatoms. The standard InChI is InChI=1S/C20H25N3O3/c1-15-10-21-11-19(22-15)26-18-6-7-25-20(9-18)13-23(14-20)12-16-4-3-5-17(8-16)24-2/h3-5,8,10-11,18H,6-7,9,12-14H2,1-2H3. The van der Waals surface area contributed by atoms with Gasteiger partial charge in [0.05, 0.1) is 31.2 Å². The van der Waals surface area contributed by atoms with Crippen molar-refractivity contribution in [2.45, 2.75) is 38.0 Å². The quantitative estimate of drug-likeness (QED) is 0.822. The van der Waals surface area contributed by atoms with E-state index in [1.54, 1.807) is 19.5 Å². The summed E-state index contributed by atoms with van der Waals surface area (Å²) >= 11 is 0. The first-order valence-electron chi connectivity index (χ1n) is 9.09. The van der Waals surface area contributed by atoms with Crippen LogP contribution in [0.25, 0.3) is 0 Å². The van der Waals surface area contributed by atoms with E-state index in [1.807, 2.05) is 19.1 Å². The maximum absolute atomic E-state index is 6.12. The van der Waals surface area contributed by atoms with Gasteiger partial charge >= 0.3 is 0 Å². The molecule has 0 N–H and O–H groups in total. The minimum Gasteiger partial charge on any atom is -0.497 e. The maximum atomic E-state index is 6.12. The average molecular weight is 355 g/mol. The molecule has 0 bridgehead atoms. The van der Waals surface area contributed by atoms with Gasteiger partial charge in [0.1, 0.15) is 11.9 Å². The molecular formula is C20H25N3O3. The molecule has 1 aromatic carbocycles. The van der Waals surface area contributed by atoms with E-state index >= 15 is 0 Å². The van der Waals surface area contributed by atoms with Crippen LogP contribution in [-0.4, -0.2) is 53.4 Å². The van der Waals surface area contributed by atoms with Crippen LogP contribution in [0, 0.1) is 6.92 Å². The van der Waals surface area contributed by atoms with Gasteiger partial charge in [-0.3, -0.25) is 9.88 Å². The van der Waals surface area contributed by atoms with Crippen LogP contribution in [0.2, 0.25) is 0 Å². The minimum atomic E-state index is -0.0843. The van der Waals surface area contributed by atoms with E-state index in [2.05, 4.69) is 27.0 Å². The second-order valence-electron chi connectivity index (χ2n) is 7.26. The molecule has 2 aliphatic heterocycles. The van der Waals surface area contributed by atoms with Crippen LogP contribution in [0.15, 0.2) is 36.7 Å². The van der Waals surface area contributed by atoms with Gasteiger partial charge in [0.25, 0.3) is 0 Å². The van der Waals surface area contributed by atoms with E-state index in [-0.39, 0.29) is 11.7 Å². The van der Waals surface area contributed by atoms with Crippen molar-refractivity contribution in [2.24, 2.45) is 0 Å². The maximum Gasteiger partial charge on any atom is 0.232 e. The zero-order valence-electron chi connectivity index (χ0n) is 15.4. The van der Waals surface area contributed by atoms with Gasteiger partial charge in [-0.25, -0.2) is 4.98 Å². The highest BCUT2D eigenvalue weighted by Crippen LogP contribution is 2.36. The molecule has 2 saturated heterocycles. The Hall–Kier alpha value is -2.18. The zero-order chi connectivity index (χ0) is 18.0. The molecule has 26 heavy (non-hydrogen) atoms. The van der Waals surface area contributed by atoms with Crippen molar-refractivity contribution in [1.29, 1.82) is 0 Å². The molecule has 4 rings (SSSR count). The molecule has 6 nitrogen and oxygen atoms in total. The van der Waals surface area contributed by atoms with Gasteiger partial charge in [0, 0.05) is 38.7 Å². The Labute approximate surface area is 154 Å². The molecule has 0 saturated carbocycles. The molecule has 2 fully saturated rings. The smallest absolute Gasteiger partial charge is 0.232 e. The number of benzene rings is 1. The number of ether oxygens (including phenoxy) is 3. The fraction of sp³-hybridized carbons (Fsp3) is 0.500. The summed E-state index contributed by atoms with van der Waals surface area (Å²) in [6, 6.07) is 8.24. The summed E-state index contributed by atoms with van der Waals surface area (Å²) in [5.41, 5.74) is 2.05. The molecule has 0 radical (unpaired) electrons. The third kappa shape index (κ3) is 3.81. The zero-order valence-corrected chi connectivity index (χ0v) is 15.4. The molecule has 1 atom stereocenters. The number of aryl methyl sites for hydroxylation is 1. The second kappa shape index (κ2) is 7.21. The van der Waals surface area contributed by atoms with Gasteiger partial charge in [-0.05, 0) is 24.6 Å². The number of likely N-dealkylation sites (tertiary alicyclic amines) is 1. The molecule has 0 aliphatic carbocycles. The Balaban J connectivity index is 1.32. The fourth-order valence-electron chi connectivity index (χ4n) is 3.88. The van der Waals surface area contributed by atoms with E-state index in [4.69, 9.17) is 14.2 Å². The summed E-state index contributed by atoms with van der Waals surface area (Å²) in [7, 11) is 1.70. The Morgan fingerprint density at radius 3 is 3.00 bits per heavy atom. The van der Waals surface area contributed by atoms with Gasteiger partial charge in [-0.2, -0.15) is 0 Å². The van der Waals surface area contributed by atoms with Crippen molar-refractivity contribution in [3.05, 3.63) is 47.9 Å². The van der Waals surface area contributed by atoms with E-state index in [1.165, 1.54) is 5.56 Å². The molecule has 3 heterocycles. The lowest BCUT2D eigenvalue weighted by molar-refractivity contribution is -0.188. The average Bonchev–Trinajstić information content (AvgIpc) is 2.61. The van der Waals surface area contributed by atoms with Gasteiger partial charge in [-0.15, -0.1) is 0 Å². The van der Waals surface area contributed by atoms with Crippen LogP contribution in [0.3, 0.4) is 0 Å². The number of aromatic nitrogens is 2. The largest absolute Gasteiger partial charge is 0.497 e. The van der Waals surface area contributed by atoms with Crippen molar-refractivity contribution in [2.75, 3.05) is 26.8 Å². The Bertz CT molecular complexity index is 761. The van der Waals surface area contributed by atoms with E-state index in [0.29, 0.717) is 5.88 Å². The number of methoxy groups -OCH3 is 1. The summed E-state index contributed by atoms with van der Waals surface area (Å²) in [5.74, 6) is 1.51. The monoisotopic (exact) mass is 355 g/mol. The van der Waals surface area contributed by atoms with Crippen LogP contribution in [0.1, 0.15) is 24.1 Å².